The molecule has 136 valence electrons. The molecule has 5 heteroatoms. The molecule has 4 N–H and O–H groups in total. The fourth-order valence-corrected chi connectivity index (χ4v) is 3.91. The van der Waals surface area contributed by atoms with Crippen molar-refractivity contribution in [3.63, 3.8) is 0 Å². The predicted octanol–water partition coefficient (Wildman–Crippen LogP) is 3.89. The van der Waals surface area contributed by atoms with Gasteiger partial charge in [0, 0.05) is 28.7 Å². The minimum atomic E-state index is -0.447. The number of nitrogens with two attached hydrogens (primary N) is 2. The van der Waals surface area contributed by atoms with Gasteiger partial charge in [-0.15, -0.1) is 0 Å². The van der Waals surface area contributed by atoms with E-state index in [4.69, 9.17) is 16.2 Å². The summed E-state index contributed by atoms with van der Waals surface area (Å²) in [5.74, 6) is 0.717. The Morgan fingerprint density at radius 1 is 0.679 bits per heavy atom. The summed E-state index contributed by atoms with van der Waals surface area (Å²) in [6.45, 7) is 0. The first-order valence-corrected chi connectivity index (χ1v) is 8.90. The van der Waals surface area contributed by atoms with Gasteiger partial charge in [-0.2, -0.15) is 0 Å². The third kappa shape index (κ3) is 2.41. The van der Waals surface area contributed by atoms with E-state index in [9.17, 15) is 9.59 Å². The molecule has 2 amide bonds. The number of rotatable bonds is 2. The van der Waals surface area contributed by atoms with Crippen LogP contribution in [0.2, 0.25) is 0 Å². The molecule has 0 radical (unpaired) electrons. The maximum absolute atomic E-state index is 11.5. The van der Waals surface area contributed by atoms with E-state index in [1.807, 2.05) is 36.4 Å². The molecule has 4 aromatic carbocycles. The van der Waals surface area contributed by atoms with E-state index in [0.717, 1.165) is 44.2 Å². The summed E-state index contributed by atoms with van der Waals surface area (Å²) in [6, 6.07) is 18.6. The number of hydrogen-bond acceptors (Lipinski definition) is 3. The lowest BCUT2D eigenvalue weighted by atomic mass is 9.91. The molecule has 0 fully saturated rings. The van der Waals surface area contributed by atoms with Crippen LogP contribution in [0.5, 0.6) is 11.5 Å². The quantitative estimate of drug-likeness (QED) is 0.495. The first kappa shape index (κ1) is 16.3. The molecular weight excluding hydrogens is 352 g/mol. The van der Waals surface area contributed by atoms with Gasteiger partial charge in [0.05, 0.1) is 0 Å². The van der Waals surface area contributed by atoms with Gasteiger partial charge in [0.1, 0.15) is 11.5 Å². The molecule has 5 rings (SSSR count). The minimum absolute atomic E-state index is 0.447. The summed E-state index contributed by atoms with van der Waals surface area (Å²) in [6.07, 6.45) is 0.686. The molecule has 1 aliphatic heterocycles. The molecule has 1 aliphatic rings. The monoisotopic (exact) mass is 368 g/mol. The Bertz CT molecular complexity index is 1220. The van der Waals surface area contributed by atoms with Crippen molar-refractivity contribution in [1.82, 2.24) is 0 Å². The fraction of sp³-hybridized carbons (Fsp3) is 0.0435. The van der Waals surface area contributed by atoms with Crippen LogP contribution in [0, 0.1) is 0 Å². The normalized spacial score (nSPS) is 12.3. The lowest BCUT2D eigenvalue weighted by Crippen LogP contribution is -2.11. The third-order valence-electron chi connectivity index (χ3n) is 5.32. The van der Waals surface area contributed by atoms with Gasteiger partial charge < -0.3 is 16.2 Å². The van der Waals surface area contributed by atoms with E-state index in [0.29, 0.717) is 17.5 Å². The van der Waals surface area contributed by atoms with Crippen LogP contribution >= 0.6 is 0 Å². The van der Waals surface area contributed by atoms with E-state index in [1.165, 1.54) is 0 Å². The van der Waals surface area contributed by atoms with Gasteiger partial charge in [-0.05, 0) is 57.9 Å². The highest BCUT2D eigenvalue weighted by atomic mass is 16.5. The Hall–Kier alpha value is -3.86. The average Bonchev–Trinajstić information content (AvgIpc) is 2.71. The number of carbonyl (C=O) groups is 2. The van der Waals surface area contributed by atoms with E-state index < -0.39 is 11.8 Å². The van der Waals surface area contributed by atoms with Crippen LogP contribution in [0.1, 0.15) is 31.8 Å². The number of carbonyl (C=O) groups excluding carboxylic acids is 2. The molecular formula is C23H16N2O3. The van der Waals surface area contributed by atoms with Crippen molar-refractivity contribution in [1.29, 1.82) is 0 Å². The molecule has 0 aliphatic carbocycles. The van der Waals surface area contributed by atoms with Crippen molar-refractivity contribution in [3.8, 4) is 11.5 Å². The minimum Gasteiger partial charge on any atom is -0.457 e. The SMILES string of the molecule is NC(=O)c1ccc2c3c(ccc2c1)Oc1ccc2cc(C(N)=O)ccc2c1C3. The summed E-state index contributed by atoms with van der Waals surface area (Å²) in [4.78, 5) is 23.0. The van der Waals surface area contributed by atoms with Crippen molar-refractivity contribution in [3.05, 3.63) is 82.9 Å². The van der Waals surface area contributed by atoms with Crippen LogP contribution in [0.4, 0.5) is 0 Å². The second-order valence-corrected chi connectivity index (χ2v) is 6.96. The highest BCUT2D eigenvalue weighted by Gasteiger charge is 2.21. The molecule has 0 saturated carbocycles. The average molecular weight is 368 g/mol. The summed E-state index contributed by atoms with van der Waals surface area (Å²) in [5.41, 5.74) is 13.9. The molecule has 0 spiro atoms. The van der Waals surface area contributed by atoms with Crippen LogP contribution in [-0.4, -0.2) is 11.8 Å². The van der Waals surface area contributed by atoms with E-state index in [-0.39, 0.29) is 0 Å². The Morgan fingerprint density at radius 3 is 1.57 bits per heavy atom. The van der Waals surface area contributed by atoms with Crippen molar-refractivity contribution in [2.24, 2.45) is 11.5 Å². The summed E-state index contributed by atoms with van der Waals surface area (Å²) in [5, 5.41) is 3.94. The zero-order valence-corrected chi connectivity index (χ0v) is 14.9. The van der Waals surface area contributed by atoms with Crippen molar-refractivity contribution in [2.75, 3.05) is 0 Å². The highest BCUT2D eigenvalue weighted by Crippen LogP contribution is 2.43. The number of fused-ring (bicyclic) bond motifs is 6. The number of hydrogen-bond donors (Lipinski definition) is 2. The van der Waals surface area contributed by atoms with Crippen LogP contribution in [0.15, 0.2) is 60.7 Å². The Balaban J connectivity index is 1.69. The first-order chi connectivity index (χ1) is 13.5. The fourth-order valence-electron chi connectivity index (χ4n) is 3.91. The van der Waals surface area contributed by atoms with Crippen molar-refractivity contribution in [2.45, 2.75) is 6.42 Å². The second-order valence-electron chi connectivity index (χ2n) is 6.96. The molecule has 28 heavy (non-hydrogen) atoms. The predicted molar refractivity (Wildman–Crippen MR) is 108 cm³/mol. The van der Waals surface area contributed by atoms with Gasteiger partial charge in [-0.1, -0.05) is 24.3 Å². The van der Waals surface area contributed by atoms with Crippen LogP contribution in [-0.2, 0) is 6.42 Å². The largest absolute Gasteiger partial charge is 0.457 e. The maximum atomic E-state index is 11.5. The smallest absolute Gasteiger partial charge is 0.248 e. The topological polar surface area (TPSA) is 95.4 Å². The summed E-state index contributed by atoms with van der Waals surface area (Å²) < 4.78 is 6.17. The van der Waals surface area contributed by atoms with Crippen molar-refractivity contribution < 1.29 is 14.3 Å². The number of primary amides is 2. The molecule has 0 atom stereocenters. The van der Waals surface area contributed by atoms with Crippen LogP contribution in [0.25, 0.3) is 21.5 Å². The number of amides is 2. The zero-order chi connectivity index (χ0) is 19.4. The lowest BCUT2D eigenvalue weighted by Gasteiger charge is -2.23. The van der Waals surface area contributed by atoms with Gasteiger partial charge in [0.15, 0.2) is 0 Å². The summed E-state index contributed by atoms with van der Waals surface area (Å²) in [7, 11) is 0. The van der Waals surface area contributed by atoms with Gasteiger partial charge in [0.2, 0.25) is 11.8 Å². The molecule has 5 nitrogen and oxygen atoms in total. The first-order valence-electron chi connectivity index (χ1n) is 8.90. The van der Waals surface area contributed by atoms with Crippen LogP contribution in [0.3, 0.4) is 0 Å². The second kappa shape index (κ2) is 5.82. The van der Waals surface area contributed by atoms with E-state index in [2.05, 4.69) is 0 Å². The highest BCUT2D eigenvalue weighted by molar-refractivity contribution is 6.01. The van der Waals surface area contributed by atoms with Gasteiger partial charge in [-0.3, -0.25) is 9.59 Å². The molecule has 0 saturated heterocycles. The Labute approximate surface area is 160 Å². The lowest BCUT2D eigenvalue weighted by molar-refractivity contribution is 0.0992. The Kier molecular flexibility index (Phi) is 3.39. The van der Waals surface area contributed by atoms with E-state index >= 15 is 0 Å². The Morgan fingerprint density at radius 2 is 1.14 bits per heavy atom. The molecule has 0 bridgehead atoms. The van der Waals surface area contributed by atoms with Gasteiger partial charge in [0.25, 0.3) is 0 Å². The standard InChI is InChI=1S/C23H16N2O3/c24-22(26)14-1-5-16-12(9-14)3-7-20-18(16)11-19-17-6-2-15(23(25)27)10-13(17)4-8-21(19)28-20/h1-10H,11H2,(H2,24,26)(H2,25,27). The van der Waals surface area contributed by atoms with E-state index in [1.54, 1.807) is 24.3 Å². The van der Waals surface area contributed by atoms with Gasteiger partial charge in [-0.25, -0.2) is 0 Å². The maximum Gasteiger partial charge on any atom is 0.248 e. The number of ether oxygens (including phenoxy) is 1. The molecule has 0 aromatic heterocycles. The van der Waals surface area contributed by atoms with Crippen LogP contribution < -0.4 is 16.2 Å². The molecule has 4 aromatic rings. The molecule has 1 heterocycles. The summed E-state index contributed by atoms with van der Waals surface area (Å²) >= 11 is 0. The molecule has 0 unspecified atom stereocenters. The zero-order valence-electron chi connectivity index (χ0n) is 14.9. The van der Waals surface area contributed by atoms with Gasteiger partial charge >= 0.3 is 0 Å². The number of benzene rings is 4. The van der Waals surface area contributed by atoms with Crippen molar-refractivity contribution >= 4 is 33.4 Å². The third-order valence-corrected chi connectivity index (χ3v) is 5.32.